The van der Waals surface area contributed by atoms with Crippen LogP contribution in [0.25, 0.3) is 22.3 Å². The monoisotopic (exact) mass is 1420 g/mol. The zero-order chi connectivity index (χ0) is 101. The normalized spacial score (nSPS) is 21.4. The van der Waals surface area contributed by atoms with Crippen molar-refractivity contribution in [2.75, 3.05) is 45.6 Å². The molecule has 2 heterocycles. The molecule has 2 amide bonds. The van der Waals surface area contributed by atoms with Gasteiger partial charge in [-0.05, 0) is 185 Å². The van der Waals surface area contributed by atoms with Crippen molar-refractivity contribution in [2.45, 2.75) is 159 Å². The van der Waals surface area contributed by atoms with E-state index in [0.29, 0.717) is 39.8 Å². The highest BCUT2D eigenvalue weighted by Crippen LogP contribution is 2.36. The van der Waals surface area contributed by atoms with Crippen LogP contribution in [0.2, 0.25) is 0 Å². The van der Waals surface area contributed by atoms with Gasteiger partial charge in [0, 0.05) is 88.5 Å². The predicted molar refractivity (Wildman–Crippen MR) is 372 cm³/mol. The molecule has 6 aromatic carbocycles. The number of likely N-dealkylation sites (N-methyl/N-ethyl adjacent to an activating group) is 2. The summed E-state index contributed by atoms with van der Waals surface area (Å²) in [7, 11) is 0. The average molecular weight is 1420 g/mol. The largest absolute Gasteiger partial charge is 0.416 e. The van der Waals surface area contributed by atoms with E-state index in [2.05, 4.69) is 9.97 Å². The highest BCUT2D eigenvalue weighted by molar-refractivity contribution is 7.98. The fourth-order valence-corrected chi connectivity index (χ4v) is 11.1. The number of hydrogen-bond acceptors (Lipinski definition) is 10. The van der Waals surface area contributed by atoms with Crippen LogP contribution in [-0.2, 0) is 78.5 Å². The van der Waals surface area contributed by atoms with Crippen LogP contribution in [0.1, 0.15) is 175 Å². The number of benzene rings is 6. The Balaban J connectivity index is 0.000000304. The summed E-state index contributed by atoms with van der Waals surface area (Å²) in [5.41, 5.74) is -14.3. The highest BCUT2D eigenvalue weighted by Gasteiger charge is 2.34. The number of carbonyl (C=O) groups excluding carboxylic acids is 2. The Hall–Kier alpha value is -7.92. The van der Waals surface area contributed by atoms with Gasteiger partial charge in [-0.1, -0.05) is 141 Å². The molecule has 2 aliphatic carbocycles. The van der Waals surface area contributed by atoms with E-state index in [1.807, 2.05) is 0 Å². The average Bonchev–Trinajstić information content (AvgIpc) is 1.47. The topological polar surface area (TPSA) is 117 Å². The zero-order valence-electron chi connectivity index (χ0n) is 87.4. The number of aromatic nitrogens is 4. The van der Waals surface area contributed by atoms with Gasteiger partial charge in [-0.15, -0.1) is 0 Å². The Bertz CT molecular complexity index is 5890. The van der Waals surface area contributed by atoms with Crippen molar-refractivity contribution >= 4 is 35.3 Å². The van der Waals surface area contributed by atoms with E-state index in [4.69, 9.17) is 28.8 Å². The third-order valence-electron chi connectivity index (χ3n) is 14.4. The van der Waals surface area contributed by atoms with Crippen LogP contribution in [0.15, 0.2) is 159 Å². The number of rotatable bonds is 25. The Morgan fingerprint density at radius 1 is 0.633 bits per heavy atom. The molecule has 0 saturated heterocycles. The van der Waals surface area contributed by atoms with Crippen molar-refractivity contribution < 1.29 is 91.3 Å². The van der Waals surface area contributed by atoms with Crippen molar-refractivity contribution in [1.29, 1.82) is 0 Å². The first kappa shape index (κ1) is 41.0. The molecule has 0 bridgehead atoms. The molecule has 98 heavy (non-hydrogen) atoms. The minimum atomic E-state index is -5.32. The first-order valence-corrected chi connectivity index (χ1v) is 31.7. The zero-order valence-corrected chi connectivity index (χ0v) is 55.1. The Morgan fingerprint density at radius 2 is 1.20 bits per heavy atom. The summed E-state index contributed by atoms with van der Waals surface area (Å²) >= 11 is 0.803. The van der Waals surface area contributed by atoms with Gasteiger partial charge in [0.1, 0.15) is 24.6 Å². The second-order valence-electron chi connectivity index (χ2n) is 22.1. The lowest BCUT2D eigenvalue weighted by Crippen LogP contribution is -2.47. The molecule has 10 rings (SSSR count). The SMILES string of the molecule is [2H]C([2H])(C)N(C(C)(C)C)C([2H])([2H])C([2H])([2H])N(C(=O)C([2H])([2H])n1c(SCc2ccc(F)cc2)nc(=O)c2c1CCC2)C([2H])(C)c1ccc(-c2ccc(C(F)(F)F)cc2)cc1.[2H]c1c([2H])c(CSc2nc(=O)c3c(n2C([2H])([2H])C(=O)N(C([2H])([2H])c2c([2H])c([2H])c(-c4c([2H])c([2H])c(C(F)(F)F)c(C)c4[2H])c([2H])c2[2H])C([2H])([2H])C([2H])([2H])N(CC)CC)C([2H])([2H])C([2H])([2H])C3([2H])[2H])c([2H])c([2H])c1F. The second kappa shape index (κ2) is 32.8. The second-order valence-corrected chi connectivity index (χ2v) is 24.0. The van der Waals surface area contributed by atoms with Crippen LogP contribution >= 0.6 is 23.5 Å². The number of nitrogens with zero attached hydrogens (tertiary/aromatic N) is 8. The van der Waals surface area contributed by atoms with Crippen molar-refractivity contribution in [1.82, 2.24) is 38.7 Å². The van der Waals surface area contributed by atoms with E-state index in [9.17, 15) is 62.5 Å². The van der Waals surface area contributed by atoms with E-state index in [0.717, 1.165) is 42.3 Å². The van der Waals surface area contributed by atoms with Gasteiger partial charge in [0.25, 0.3) is 11.1 Å². The van der Waals surface area contributed by atoms with Gasteiger partial charge in [0.2, 0.25) is 11.8 Å². The molecule has 8 aromatic rings. The number of carbonyl (C=O) groups is 2. The molecule has 0 spiro atoms. The standard InChI is InChI=1S/C39H44F4N4O2S.C37H40F4N4O2S/c1-6-45(38(3,4)5)22-23-46(26(2)28-12-14-29(15-13-28)30-16-18-31(19-17-30)39(41,42)43)35(48)24-47-34-9-7-8-33(34)36(49)44-37(47)50-25-27-10-20-32(40)21-11-27;1-4-43(5-2)19-20-44(22-26-9-13-28(14-10-26)29-15-18-32(25(3)21-29)37(39,40)41)34(46)23-45-33-8-6-7-31(33)35(47)42-36(45)48-24-27-11-16-30(38)17-12-27/h10-21,26H,6-9,22-25H2,1-5H3;9-18,21H,4-8,19-20,22-24H2,1-3H3/i6D2,22D2,23D2,24D2,26D;6D2,7D2,8D2,9D,10D,11D,12D,13D,14D,15D,16D,17D,18D,19D2,20D2,21D,22D2,23D2. The summed E-state index contributed by atoms with van der Waals surface area (Å²) in [6.45, 7) is -21.7. The summed E-state index contributed by atoms with van der Waals surface area (Å²) in [5, 5.41) is -1.62. The summed E-state index contributed by atoms with van der Waals surface area (Å²) in [6.07, 6.45) is -20.8. The number of fused-ring (bicyclic) bond motifs is 2. The van der Waals surface area contributed by atoms with Gasteiger partial charge in [-0.3, -0.25) is 24.1 Å². The van der Waals surface area contributed by atoms with E-state index in [1.54, 1.807) is 0 Å². The molecular weight excluding hydrogens is 1310 g/mol. The molecule has 1 atom stereocenters. The molecule has 2 aromatic heterocycles. The maximum atomic E-state index is 15.4. The number of halogens is 8. The number of thioether (sulfide) groups is 2. The molecule has 2 aliphatic rings. The molecule has 12 nitrogen and oxygen atoms in total. The highest BCUT2D eigenvalue weighted by atomic mass is 32.2. The van der Waals surface area contributed by atoms with Crippen LogP contribution in [-0.4, -0.2) is 102 Å². The Kier molecular flexibility index (Phi) is 13.7. The summed E-state index contributed by atoms with van der Waals surface area (Å²) in [4.78, 5) is 65.6. The third-order valence-corrected chi connectivity index (χ3v) is 16.4. The summed E-state index contributed by atoms with van der Waals surface area (Å²) < 4.78 is 412. The molecule has 1 unspecified atom stereocenters. The summed E-state index contributed by atoms with van der Waals surface area (Å²) in [6, 6.07) is -2.90. The van der Waals surface area contributed by atoms with Gasteiger partial charge in [-0.2, -0.15) is 36.3 Å². The van der Waals surface area contributed by atoms with Gasteiger partial charge in [0.05, 0.1) is 47.3 Å². The van der Waals surface area contributed by atoms with Crippen LogP contribution in [0.3, 0.4) is 0 Å². The molecule has 0 radical (unpaired) electrons. The molecule has 0 saturated carbocycles. The maximum Gasteiger partial charge on any atom is 0.416 e. The predicted octanol–water partition coefficient (Wildman–Crippen LogP) is 16.1. The number of alkyl halides is 6. The lowest BCUT2D eigenvalue weighted by molar-refractivity contribution is -0.138. The van der Waals surface area contributed by atoms with Crippen molar-refractivity contribution in [3.8, 4) is 22.3 Å². The van der Waals surface area contributed by atoms with Crippen molar-refractivity contribution in [3.63, 3.8) is 0 Å². The van der Waals surface area contributed by atoms with Crippen LogP contribution in [0.4, 0.5) is 35.1 Å². The van der Waals surface area contributed by atoms with Crippen LogP contribution < -0.4 is 11.1 Å². The van der Waals surface area contributed by atoms with Gasteiger partial charge in [-0.25, -0.2) is 8.78 Å². The fraction of sp³-hybridized carbons (Fsp3) is 0.395. The molecular formula is C76H84F8N8O4S2. The molecule has 0 N–H and O–H groups in total. The first-order valence-electron chi connectivity index (χ1n) is 46.7. The van der Waals surface area contributed by atoms with Crippen LogP contribution in [0, 0.1) is 18.6 Å². The van der Waals surface area contributed by atoms with E-state index >= 15 is 9.59 Å². The smallest absolute Gasteiger partial charge is 0.336 e. The molecule has 0 aliphatic heterocycles. The Morgan fingerprint density at radius 3 is 1.80 bits per heavy atom. The minimum Gasteiger partial charge on any atom is -0.336 e. The van der Waals surface area contributed by atoms with Crippen LogP contribution in [0.5, 0.6) is 0 Å². The lowest BCUT2D eigenvalue weighted by Gasteiger charge is -2.38. The Labute approximate surface area is 624 Å². The molecule has 0 fully saturated rings. The number of hydrogen-bond donors (Lipinski definition) is 0. The summed E-state index contributed by atoms with van der Waals surface area (Å²) in [5.74, 6) is -7.61. The lowest BCUT2D eigenvalue weighted by atomic mass is 9.98. The van der Waals surface area contributed by atoms with Crippen molar-refractivity contribution in [2.24, 2.45) is 0 Å². The molecule has 520 valence electrons. The van der Waals surface area contributed by atoms with E-state index < -0.39 is 275 Å². The van der Waals surface area contributed by atoms with E-state index in [-0.39, 0.29) is 61.8 Å². The van der Waals surface area contributed by atoms with Gasteiger partial charge in [0.15, 0.2) is 10.3 Å². The fourth-order valence-electron chi connectivity index (χ4n) is 9.35. The van der Waals surface area contributed by atoms with E-state index in [1.165, 1.54) is 95.3 Å². The first-order chi connectivity index (χ1) is 59.8. The van der Waals surface area contributed by atoms with Crippen molar-refractivity contribution in [3.05, 3.63) is 233 Å². The quantitative estimate of drug-likeness (QED) is 0.0311. The third kappa shape index (κ3) is 19.1. The van der Waals surface area contributed by atoms with Gasteiger partial charge < -0.3 is 23.8 Å². The number of amides is 2. The minimum absolute atomic E-state index is 0.0381. The van der Waals surface area contributed by atoms with Gasteiger partial charge >= 0.3 is 12.4 Å². The molecule has 22 heteroatoms. The maximum absolute atomic E-state index is 15.4.